The lowest BCUT2D eigenvalue weighted by Crippen LogP contribution is -2.45. The van der Waals surface area contributed by atoms with Crippen LogP contribution in [-0.4, -0.2) is 62.8 Å². The van der Waals surface area contributed by atoms with Gasteiger partial charge in [-0.05, 0) is 29.3 Å². The monoisotopic (exact) mass is 504 g/mol. The molecule has 0 bridgehead atoms. The molecule has 1 N–H and O–H groups in total. The molecule has 1 unspecified atom stereocenters. The molecule has 5 nitrogen and oxygen atoms in total. The molecule has 192 valence electrons. The second-order valence-electron chi connectivity index (χ2n) is 9.72. The van der Waals surface area contributed by atoms with Crippen molar-refractivity contribution < 1.29 is 40.4 Å². The van der Waals surface area contributed by atoms with Gasteiger partial charge in [0.1, 0.15) is 5.54 Å². The van der Waals surface area contributed by atoms with Crippen LogP contribution < -0.4 is 5.32 Å². The van der Waals surface area contributed by atoms with Crippen LogP contribution in [0, 0.1) is 0 Å². The molecule has 1 atom stereocenters. The highest BCUT2D eigenvalue weighted by Crippen LogP contribution is 2.37. The summed E-state index contributed by atoms with van der Waals surface area (Å²) in [4.78, 5) is 14.4. The number of hydrogen-bond donors (Lipinski definition) is 1. The zero-order valence-electron chi connectivity index (χ0n) is 19.6. The first-order valence-electron chi connectivity index (χ1n) is 10.9. The second-order valence-corrected chi connectivity index (χ2v) is 9.72. The Hall–Kier alpha value is -2.79. The van der Waals surface area contributed by atoms with Gasteiger partial charge < -0.3 is 19.4 Å². The van der Waals surface area contributed by atoms with Crippen molar-refractivity contribution in [3.63, 3.8) is 0 Å². The maximum absolute atomic E-state index is 13.2. The van der Waals surface area contributed by atoms with Gasteiger partial charge in [-0.2, -0.15) is 26.3 Å². The molecular weight excluding hydrogens is 476 g/mol. The van der Waals surface area contributed by atoms with Crippen molar-refractivity contribution in [2.24, 2.45) is 0 Å². The van der Waals surface area contributed by atoms with Crippen LogP contribution >= 0.6 is 0 Å². The third-order valence-electron chi connectivity index (χ3n) is 5.73. The lowest BCUT2D eigenvalue weighted by molar-refractivity contribution is -0.869. The molecule has 1 aliphatic rings. The Labute approximate surface area is 199 Å². The summed E-state index contributed by atoms with van der Waals surface area (Å²) < 4.78 is 85.3. The molecule has 1 saturated heterocycles. The Kier molecular flexibility index (Phi) is 7.42. The van der Waals surface area contributed by atoms with Crippen LogP contribution in [0.25, 0.3) is 0 Å². The smallest absolute Gasteiger partial charge is 0.374 e. The van der Waals surface area contributed by atoms with E-state index in [1.165, 1.54) is 0 Å². The molecule has 1 aliphatic heterocycles. The SMILES string of the molecule is C[N+](C)(C)CCN1CC(COCc2cc(C(F)(F)F)cc(C(F)(F)F)c2)(c2ccccc2)NC1=O. The zero-order valence-corrected chi connectivity index (χ0v) is 19.6. The van der Waals surface area contributed by atoms with Gasteiger partial charge in [0.2, 0.25) is 0 Å². The number of nitrogens with one attached hydrogen (secondary N) is 1. The predicted octanol–water partition coefficient (Wildman–Crippen LogP) is 4.87. The fourth-order valence-electron chi connectivity index (χ4n) is 3.85. The van der Waals surface area contributed by atoms with Gasteiger partial charge in [-0.15, -0.1) is 0 Å². The predicted molar refractivity (Wildman–Crippen MR) is 117 cm³/mol. The molecule has 1 heterocycles. The molecule has 0 spiro atoms. The molecule has 0 aromatic heterocycles. The van der Waals surface area contributed by atoms with E-state index >= 15 is 0 Å². The van der Waals surface area contributed by atoms with Crippen molar-refractivity contribution in [2.45, 2.75) is 24.5 Å². The van der Waals surface area contributed by atoms with Crippen LogP contribution in [0.5, 0.6) is 0 Å². The number of benzene rings is 2. The van der Waals surface area contributed by atoms with Crippen molar-refractivity contribution in [3.05, 3.63) is 70.8 Å². The maximum atomic E-state index is 13.2. The minimum Gasteiger partial charge on any atom is -0.374 e. The van der Waals surface area contributed by atoms with Crippen molar-refractivity contribution in [1.29, 1.82) is 0 Å². The number of likely N-dealkylation sites (N-methyl/N-ethyl adjacent to an activating group) is 1. The van der Waals surface area contributed by atoms with Crippen LogP contribution in [0.2, 0.25) is 0 Å². The highest BCUT2D eigenvalue weighted by molar-refractivity contribution is 5.78. The van der Waals surface area contributed by atoms with Gasteiger partial charge in [0.15, 0.2) is 0 Å². The van der Waals surface area contributed by atoms with Crippen molar-refractivity contribution >= 4 is 6.03 Å². The number of alkyl halides is 6. The number of carbonyl (C=O) groups excluding carboxylic acids is 1. The molecule has 1 fully saturated rings. The molecule has 2 aromatic carbocycles. The van der Waals surface area contributed by atoms with E-state index in [9.17, 15) is 31.1 Å². The van der Waals surface area contributed by atoms with E-state index in [2.05, 4.69) is 5.32 Å². The van der Waals surface area contributed by atoms with Crippen molar-refractivity contribution in [1.82, 2.24) is 10.2 Å². The highest BCUT2D eigenvalue weighted by atomic mass is 19.4. The van der Waals surface area contributed by atoms with Crippen molar-refractivity contribution in [2.75, 3.05) is 47.4 Å². The number of halogens is 6. The topological polar surface area (TPSA) is 41.6 Å². The molecule has 0 saturated carbocycles. The minimum absolute atomic E-state index is 0.0811. The number of ether oxygens (including phenoxy) is 1. The zero-order chi connectivity index (χ0) is 26.1. The van der Waals surface area contributed by atoms with Gasteiger partial charge in [-0.1, -0.05) is 30.3 Å². The van der Waals surface area contributed by atoms with Crippen LogP contribution in [-0.2, 0) is 29.2 Å². The Morgan fingerprint density at radius 3 is 2.06 bits per heavy atom. The maximum Gasteiger partial charge on any atom is 0.416 e. The largest absolute Gasteiger partial charge is 0.416 e. The lowest BCUT2D eigenvalue weighted by Gasteiger charge is -2.30. The Morgan fingerprint density at radius 2 is 1.54 bits per heavy atom. The summed E-state index contributed by atoms with van der Waals surface area (Å²) in [5.41, 5.74) is -3.34. The number of nitrogens with zero attached hydrogens (tertiary/aromatic N) is 2. The van der Waals surface area contributed by atoms with Gasteiger partial charge in [-0.3, -0.25) is 0 Å². The van der Waals surface area contributed by atoms with Gasteiger partial charge in [0.05, 0.1) is 65.1 Å². The third kappa shape index (κ3) is 6.88. The Balaban J connectivity index is 1.82. The summed E-state index contributed by atoms with van der Waals surface area (Å²) >= 11 is 0. The van der Waals surface area contributed by atoms with E-state index < -0.39 is 35.6 Å². The average Bonchev–Trinajstić information content (AvgIpc) is 3.07. The molecule has 2 amide bonds. The van der Waals surface area contributed by atoms with Gasteiger partial charge in [0, 0.05) is 0 Å². The standard InChI is InChI=1S/C24H27F6N3O2/c1-33(2,3)10-9-32-15-22(31-21(32)34,18-7-5-4-6-8-18)16-35-14-17-11-19(23(25,26)27)13-20(12-17)24(28,29)30/h4-8,11-13H,9-10,14-16H2,1-3H3/p+1. The van der Waals surface area contributed by atoms with E-state index in [4.69, 9.17) is 4.74 Å². The van der Waals surface area contributed by atoms with Gasteiger partial charge >= 0.3 is 18.4 Å². The van der Waals surface area contributed by atoms with E-state index in [1.54, 1.807) is 35.2 Å². The molecule has 0 radical (unpaired) electrons. The number of hydrogen-bond acceptors (Lipinski definition) is 2. The fourth-order valence-corrected chi connectivity index (χ4v) is 3.85. The number of carbonyl (C=O) groups is 1. The molecular formula is C24H28F6N3O2+. The van der Waals surface area contributed by atoms with E-state index in [0.717, 1.165) is 5.56 Å². The van der Waals surface area contributed by atoms with Crippen LogP contribution in [0.1, 0.15) is 22.3 Å². The first-order chi connectivity index (χ1) is 16.1. The number of quaternary nitrogens is 1. The summed E-state index contributed by atoms with van der Waals surface area (Å²) in [7, 11) is 5.98. The summed E-state index contributed by atoms with van der Waals surface area (Å²) in [5, 5.41) is 2.92. The highest BCUT2D eigenvalue weighted by Gasteiger charge is 2.44. The fraction of sp³-hybridized carbons (Fsp3) is 0.458. The molecule has 35 heavy (non-hydrogen) atoms. The van der Waals surface area contributed by atoms with Crippen molar-refractivity contribution in [3.8, 4) is 0 Å². The number of rotatable bonds is 8. The van der Waals surface area contributed by atoms with E-state index in [1.807, 2.05) is 21.1 Å². The summed E-state index contributed by atoms with van der Waals surface area (Å²) in [5.74, 6) is 0. The van der Waals surface area contributed by atoms with Crippen LogP contribution in [0.15, 0.2) is 48.5 Å². The Morgan fingerprint density at radius 1 is 0.971 bits per heavy atom. The van der Waals surface area contributed by atoms with Crippen LogP contribution in [0.4, 0.5) is 31.1 Å². The van der Waals surface area contributed by atoms with Gasteiger partial charge in [-0.25, -0.2) is 4.79 Å². The summed E-state index contributed by atoms with van der Waals surface area (Å²) in [6.45, 7) is 0.764. The van der Waals surface area contributed by atoms with E-state index in [0.29, 0.717) is 29.7 Å². The lowest BCUT2D eigenvalue weighted by atomic mass is 9.91. The molecule has 3 rings (SSSR count). The molecule has 2 aromatic rings. The number of urea groups is 1. The van der Waals surface area contributed by atoms with E-state index in [-0.39, 0.29) is 30.8 Å². The Bertz CT molecular complexity index is 1000. The molecule has 11 heteroatoms. The summed E-state index contributed by atoms with van der Waals surface area (Å²) in [6.07, 6.45) is -9.88. The first kappa shape index (κ1) is 26.8. The minimum atomic E-state index is -4.94. The number of amides is 2. The average molecular weight is 504 g/mol. The summed E-state index contributed by atoms with van der Waals surface area (Å²) in [6, 6.07) is 9.99. The third-order valence-corrected chi connectivity index (χ3v) is 5.73. The second kappa shape index (κ2) is 9.69. The van der Waals surface area contributed by atoms with Crippen LogP contribution in [0.3, 0.4) is 0 Å². The quantitative estimate of drug-likeness (QED) is 0.412. The first-order valence-corrected chi connectivity index (χ1v) is 10.9. The normalized spacial score (nSPS) is 19.2. The van der Waals surface area contributed by atoms with Gasteiger partial charge in [0.25, 0.3) is 0 Å². The molecule has 0 aliphatic carbocycles.